The van der Waals surface area contributed by atoms with Gasteiger partial charge < -0.3 is 0 Å². The number of hydrogen-bond donors (Lipinski definition) is 2. The van der Waals surface area contributed by atoms with Crippen LogP contribution in [0.15, 0.2) is 35.2 Å². The van der Waals surface area contributed by atoms with Crippen molar-refractivity contribution in [1.82, 2.24) is 4.72 Å². The highest BCUT2D eigenvalue weighted by atomic mass is 32.2. The minimum atomic E-state index is -3.86. The second-order valence-corrected chi connectivity index (χ2v) is 6.15. The van der Waals surface area contributed by atoms with Crippen molar-refractivity contribution in [3.05, 3.63) is 30.3 Å². The summed E-state index contributed by atoms with van der Waals surface area (Å²) in [6.45, 7) is 0. The lowest BCUT2D eigenvalue weighted by Gasteiger charge is -2.04. The molecule has 0 atom stereocenters. The normalized spacial score (nSPS) is 12.6. The standard InChI is InChI=1S/C7H10N2O4S2/c8-14(10,11)6-9-15(12,13)7-4-2-1-3-5-7/h1-5,9H,6H2,(H2,8,10,11). The molecule has 0 fully saturated rings. The summed E-state index contributed by atoms with van der Waals surface area (Å²) in [5, 5.41) is 4.67. The molecule has 0 aliphatic rings. The highest BCUT2D eigenvalue weighted by Gasteiger charge is 2.15. The van der Waals surface area contributed by atoms with Gasteiger partial charge in [0.15, 0.2) is 0 Å². The SMILES string of the molecule is NS(=O)(=O)CNS(=O)(=O)c1ccccc1. The van der Waals surface area contributed by atoms with Crippen LogP contribution in [0, 0.1) is 0 Å². The Balaban J connectivity index is 2.87. The summed E-state index contributed by atoms with van der Waals surface area (Å²) in [7, 11) is -7.66. The van der Waals surface area contributed by atoms with Crippen LogP contribution in [0.5, 0.6) is 0 Å². The van der Waals surface area contributed by atoms with Crippen LogP contribution in [0.3, 0.4) is 0 Å². The van der Waals surface area contributed by atoms with E-state index < -0.39 is 25.9 Å². The molecular formula is C7H10N2O4S2. The van der Waals surface area contributed by atoms with Crippen LogP contribution in [-0.2, 0) is 20.0 Å². The van der Waals surface area contributed by atoms with Crippen LogP contribution in [0.4, 0.5) is 0 Å². The molecule has 0 bridgehead atoms. The van der Waals surface area contributed by atoms with E-state index in [0.717, 1.165) is 0 Å². The summed E-state index contributed by atoms with van der Waals surface area (Å²) in [6, 6.07) is 7.42. The van der Waals surface area contributed by atoms with Crippen LogP contribution in [0.1, 0.15) is 0 Å². The van der Waals surface area contributed by atoms with Crippen LogP contribution in [0.25, 0.3) is 0 Å². The number of hydrogen-bond acceptors (Lipinski definition) is 4. The number of benzene rings is 1. The summed E-state index contributed by atoms with van der Waals surface area (Å²) >= 11 is 0. The van der Waals surface area contributed by atoms with Gasteiger partial charge in [0.25, 0.3) is 0 Å². The van der Waals surface area contributed by atoms with E-state index in [0.29, 0.717) is 0 Å². The summed E-state index contributed by atoms with van der Waals surface area (Å²) < 4.78 is 45.9. The minimum Gasteiger partial charge on any atom is -0.228 e. The van der Waals surface area contributed by atoms with E-state index in [1.165, 1.54) is 24.3 Å². The molecule has 1 aromatic rings. The van der Waals surface area contributed by atoms with E-state index in [-0.39, 0.29) is 4.90 Å². The van der Waals surface area contributed by atoms with Crippen molar-refractivity contribution in [2.75, 3.05) is 5.88 Å². The maximum absolute atomic E-state index is 11.4. The number of nitrogens with two attached hydrogens (primary N) is 1. The lowest BCUT2D eigenvalue weighted by atomic mass is 10.4. The molecule has 0 aliphatic carbocycles. The average molecular weight is 250 g/mol. The molecule has 1 rings (SSSR count). The van der Waals surface area contributed by atoms with E-state index in [4.69, 9.17) is 0 Å². The molecule has 3 N–H and O–H groups in total. The Morgan fingerprint density at radius 1 is 1.07 bits per heavy atom. The van der Waals surface area contributed by atoms with Gasteiger partial charge in [0.1, 0.15) is 5.88 Å². The van der Waals surface area contributed by atoms with Gasteiger partial charge in [-0.3, -0.25) is 0 Å². The monoisotopic (exact) mass is 250 g/mol. The molecule has 0 unspecified atom stereocenters. The van der Waals surface area contributed by atoms with Gasteiger partial charge in [0.05, 0.1) is 4.90 Å². The third-order valence-electron chi connectivity index (χ3n) is 1.50. The zero-order chi connectivity index (χ0) is 11.5. The number of rotatable bonds is 4. The Labute approximate surface area is 88.2 Å². The molecular weight excluding hydrogens is 240 g/mol. The van der Waals surface area contributed by atoms with Crippen molar-refractivity contribution >= 4 is 20.0 Å². The molecule has 0 heterocycles. The summed E-state index contributed by atoms with van der Waals surface area (Å²) in [6.07, 6.45) is 0. The summed E-state index contributed by atoms with van der Waals surface area (Å²) in [5.74, 6) is -0.815. The fraction of sp³-hybridized carbons (Fsp3) is 0.143. The Bertz CT molecular complexity index is 521. The summed E-state index contributed by atoms with van der Waals surface area (Å²) in [5.41, 5.74) is 0. The molecule has 0 saturated carbocycles. The van der Waals surface area contributed by atoms with Crippen molar-refractivity contribution in [3.8, 4) is 0 Å². The van der Waals surface area contributed by atoms with E-state index in [1.54, 1.807) is 6.07 Å². The highest BCUT2D eigenvalue weighted by molar-refractivity contribution is 7.92. The fourth-order valence-electron chi connectivity index (χ4n) is 0.843. The molecule has 1 aromatic carbocycles. The Kier molecular flexibility index (Phi) is 3.45. The Morgan fingerprint density at radius 3 is 2.07 bits per heavy atom. The van der Waals surface area contributed by atoms with Crippen molar-refractivity contribution in [3.63, 3.8) is 0 Å². The second kappa shape index (κ2) is 4.27. The maximum Gasteiger partial charge on any atom is 0.241 e. The topological polar surface area (TPSA) is 106 Å². The van der Waals surface area contributed by atoms with Crippen molar-refractivity contribution in [1.29, 1.82) is 0 Å². The Morgan fingerprint density at radius 2 is 1.60 bits per heavy atom. The van der Waals surface area contributed by atoms with E-state index in [2.05, 4.69) is 5.14 Å². The highest BCUT2D eigenvalue weighted by Crippen LogP contribution is 2.06. The van der Waals surface area contributed by atoms with E-state index in [1.807, 2.05) is 4.72 Å². The fourth-order valence-corrected chi connectivity index (χ4v) is 2.80. The molecule has 8 heteroatoms. The van der Waals surface area contributed by atoms with Crippen molar-refractivity contribution < 1.29 is 16.8 Å². The number of primary sulfonamides is 1. The molecule has 6 nitrogen and oxygen atoms in total. The largest absolute Gasteiger partial charge is 0.241 e. The number of nitrogens with one attached hydrogen (secondary N) is 1. The molecule has 0 amide bonds. The summed E-state index contributed by atoms with van der Waals surface area (Å²) in [4.78, 5) is -0.00588. The van der Waals surface area contributed by atoms with Gasteiger partial charge in [-0.2, -0.15) is 4.72 Å². The van der Waals surface area contributed by atoms with E-state index in [9.17, 15) is 16.8 Å². The van der Waals surface area contributed by atoms with Crippen molar-refractivity contribution in [2.24, 2.45) is 5.14 Å². The molecule has 84 valence electrons. The smallest absolute Gasteiger partial charge is 0.228 e. The van der Waals surface area contributed by atoms with Gasteiger partial charge in [0.2, 0.25) is 20.0 Å². The van der Waals surface area contributed by atoms with Crippen LogP contribution in [-0.4, -0.2) is 22.7 Å². The number of sulfonamides is 2. The van der Waals surface area contributed by atoms with E-state index >= 15 is 0 Å². The van der Waals surface area contributed by atoms with Crippen LogP contribution < -0.4 is 9.86 Å². The third-order valence-corrected chi connectivity index (χ3v) is 3.65. The first-order chi connectivity index (χ1) is 6.81. The van der Waals surface area contributed by atoms with Crippen molar-refractivity contribution in [2.45, 2.75) is 4.90 Å². The van der Waals surface area contributed by atoms with Gasteiger partial charge in [0, 0.05) is 0 Å². The van der Waals surface area contributed by atoms with Gasteiger partial charge >= 0.3 is 0 Å². The average Bonchev–Trinajstić information content (AvgIpc) is 2.16. The van der Waals surface area contributed by atoms with Gasteiger partial charge in [-0.25, -0.2) is 22.0 Å². The predicted molar refractivity (Wildman–Crippen MR) is 54.7 cm³/mol. The molecule has 15 heavy (non-hydrogen) atoms. The third kappa shape index (κ3) is 3.96. The molecule has 0 spiro atoms. The van der Waals surface area contributed by atoms with Gasteiger partial charge in [-0.15, -0.1) is 0 Å². The minimum absolute atomic E-state index is 0.00588. The second-order valence-electron chi connectivity index (χ2n) is 2.77. The Hall–Kier alpha value is -0.960. The lowest BCUT2D eigenvalue weighted by molar-refractivity contribution is 0.576. The molecule has 0 aliphatic heterocycles. The zero-order valence-corrected chi connectivity index (χ0v) is 9.25. The predicted octanol–water partition coefficient (Wildman–Crippen LogP) is -0.789. The molecule has 0 aromatic heterocycles. The zero-order valence-electron chi connectivity index (χ0n) is 7.62. The molecule has 0 saturated heterocycles. The maximum atomic E-state index is 11.4. The lowest BCUT2D eigenvalue weighted by Crippen LogP contribution is -2.33. The first-order valence-corrected chi connectivity index (χ1v) is 7.06. The first kappa shape index (κ1) is 12.1. The van der Waals surface area contributed by atoms with Crippen LogP contribution >= 0.6 is 0 Å². The molecule has 0 radical (unpaired) electrons. The first-order valence-electron chi connectivity index (χ1n) is 3.86. The van der Waals surface area contributed by atoms with Gasteiger partial charge in [-0.05, 0) is 12.1 Å². The van der Waals surface area contributed by atoms with Gasteiger partial charge in [-0.1, -0.05) is 18.2 Å². The quantitative estimate of drug-likeness (QED) is 0.730. The van der Waals surface area contributed by atoms with Crippen LogP contribution in [0.2, 0.25) is 0 Å².